The second-order valence-electron chi connectivity index (χ2n) is 5.12. The Morgan fingerprint density at radius 3 is 2.82 bits per heavy atom. The SMILES string of the molecule is CN(CC(=O)c1cccn1C)CC1CC(O)C1. The molecule has 17 heavy (non-hydrogen) atoms. The zero-order valence-corrected chi connectivity index (χ0v) is 10.5. The van der Waals surface area contributed by atoms with Gasteiger partial charge in [0.05, 0.1) is 18.3 Å². The van der Waals surface area contributed by atoms with Gasteiger partial charge in [0.25, 0.3) is 0 Å². The molecule has 0 atom stereocenters. The summed E-state index contributed by atoms with van der Waals surface area (Å²) in [5, 5.41) is 9.21. The first kappa shape index (κ1) is 12.3. The van der Waals surface area contributed by atoms with E-state index < -0.39 is 0 Å². The molecule has 0 saturated heterocycles. The first-order chi connectivity index (χ1) is 8.06. The third-order valence-electron chi connectivity index (χ3n) is 3.42. The molecule has 1 aromatic heterocycles. The topological polar surface area (TPSA) is 45.5 Å². The molecule has 0 aliphatic heterocycles. The number of hydrogen-bond acceptors (Lipinski definition) is 3. The number of nitrogens with zero attached hydrogens (tertiary/aromatic N) is 2. The summed E-state index contributed by atoms with van der Waals surface area (Å²) in [6.07, 6.45) is 3.53. The summed E-state index contributed by atoms with van der Waals surface area (Å²) in [6, 6.07) is 3.73. The zero-order chi connectivity index (χ0) is 12.4. The van der Waals surface area contributed by atoms with Gasteiger partial charge in [0.1, 0.15) is 0 Å². The minimum atomic E-state index is -0.114. The van der Waals surface area contributed by atoms with Gasteiger partial charge in [-0.15, -0.1) is 0 Å². The lowest BCUT2D eigenvalue weighted by atomic mass is 9.82. The molecule has 4 heteroatoms. The highest BCUT2D eigenvalue weighted by Crippen LogP contribution is 2.27. The largest absolute Gasteiger partial charge is 0.393 e. The second kappa shape index (κ2) is 5.02. The van der Waals surface area contributed by atoms with Crippen molar-refractivity contribution in [2.45, 2.75) is 18.9 Å². The van der Waals surface area contributed by atoms with Crippen LogP contribution in [0.2, 0.25) is 0 Å². The number of carbonyl (C=O) groups excluding carboxylic acids is 1. The van der Waals surface area contributed by atoms with E-state index in [2.05, 4.69) is 0 Å². The van der Waals surface area contributed by atoms with Gasteiger partial charge >= 0.3 is 0 Å². The summed E-state index contributed by atoms with van der Waals surface area (Å²) in [5.74, 6) is 0.705. The minimum Gasteiger partial charge on any atom is -0.393 e. The third kappa shape index (κ3) is 2.96. The average Bonchev–Trinajstić information content (AvgIpc) is 2.62. The number of aliphatic hydroxyl groups is 1. The normalized spacial score (nSPS) is 23.8. The number of hydrogen-bond donors (Lipinski definition) is 1. The first-order valence-corrected chi connectivity index (χ1v) is 6.07. The van der Waals surface area contributed by atoms with Gasteiger partial charge in [0, 0.05) is 19.8 Å². The van der Waals surface area contributed by atoms with E-state index in [0.29, 0.717) is 12.5 Å². The fourth-order valence-corrected chi connectivity index (χ4v) is 2.43. The van der Waals surface area contributed by atoms with Crippen LogP contribution in [0, 0.1) is 5.92 Å². The number of aliphatic hydroxyl groups excluding tert-OH is 1. The van der Waals surface area contributed by atoms with Crippen molar-refractivity contribution >= 4 is 5.78 Å². The molecule has 0 amide bonds. The van der Waals surface area contributed by atoms with Gasteiger partial charge in [0.15, 0.2) is 5.78 Å². The van der Waals surface area contributed by atoms with Gasteiger partial charge in [-0.2, -0.15) is 0 Å². The van der Waals surface area contributed by atoms with Gasteiger partial charge in [-0.25, -0.2) is 0 Å². The van der Waals surface area contributed by atoms with Gasteiger partial charge in [-0.05, 0) is 37.9 Å². The van der Waals surface area contributed by atoms with Crippen LogP contribution in [0.3, 0.4) is 0 Å². The summed E-state index contributed by atoms with van der Waals surface area (Å²) >= 11 is 0. The Morgan fingerprint density at radius 2 is 2.29 bits per heavy atom. The van der Waals surface area contributed by atoms with Crippen LogP contribution in [0.15, 0.2) is 18.3 Å². The van der Waals surface area contributed by atoms with Gasteiger partial charge in [-0.1, -0.05) is 0 Å². The van der Waals surface area contributed by atoms with Crippen LogP contribution in [0.1, 0.15) is 23.3 Å². The molecule has 1 fully saturated rings. The molecule has 0 radical (unpaired) electrons. The van der Waals surface area contributed by atoms with Crippen LogP contribution in [-0.4, -0.2) is 46.6 Å². The van der Waals surface area contributed by atoms with Gasteiger partial charge in [-0.3, -0.25) is 9.69 Å². The van der Waals surface area contributed by atoms with Crippen LogP contribution >= 0.6 is 0 Å². The molecule has 1 aliphatic carbocycles. The van der Waals surface area contributed by atoms with Gasteiger partial charge in [0.2, 0.25) is 0 Å². The molecule has 0 aromatic carbocycles. The van der Waals surface area contributed by atoms with E-state index in [9.17, 15) is 9.90 Å². The van der Waals surface area contributed by atoms with E-state index in [-0.39, 0.29) is 11.9 Å². The van der Waals surface area contributed by atoms with E-state index in [1.165, 1.54) is 0 Å². The van der Waals surface area contributed by atoms with Crippen LogP contribution in [-0.2, 0) is 7.05 Å². The molecular weight excluding hydrogens is 216 g/mol. The summed E-state index contributed by atoms with van der Waals surface area (Å²) in [4.78, 5) is 14.0. The lowest BCUT2D eigenvalue weighted by Crippen LogP contribution is -2.39. The molecule has 0 unspecified atom stereocenters. The monoisotopic (exact) mass is 236 g/mol. The minimum absolute atomic E-state index is 0.114. The Hall–Kier alpha value is -1.13. The fraction of sp³-hybridized carbons (Fsp3) is 0.615. The standard InChI is InChI=1S/C13H20N2O2/c1-14(8-10-6-11(16)7-10)9-13(17)12-4-3-5-15(12)2/h3-5,10-11,16H,6-9H2,1-2H3. The lowest BCUT2D eigenvalue weighted by molar-refractivity contribution is 0.0285. The van der Waals surface area contributed by atoms with Crippen LogP contribution in [0.4, 0.5) is 0 Å². The number of aromatic nitrogens is 1. The summed E-state index contributed by atoms with van der Waals surface area (Å²) in [5.41, 5.74) is 0.755. The first-order valence-electron chi connectivity index (χ1n) is 6.07. The lowest BCUT2D eigenvalue weighted by Gasteiger charge is -2.34. The fourth-order valence-electron chi connectivity index (χ4n) is 2.43. The highest BCUT2D eigenvalue weighted by Gasteiger charge is 2.28. The summed E-state index contributed by atoms with van der Waals surface area (Å²) < 4.78 is 1.85. The Kier molecular flexibility index (Phi) is 3.64. The van der Waals surface area contributed by atoms with Crippen molar-refractivity contribution in [3.63, 3.8) is 0 Å². The molecule has 0 spiro atoms. The van der Waals surface area contributed by atoms with E-state index in [4.69, 9.17) is 0 Å². The van der Waals surface area contributed by atoms with Crippen LogP contribution in [0.5, 0.6) is 0 Å². The highest BCUT2D eigenvalue weighted by molar-refractivity contribution is 5.96. The average molecular weight is 236 g/mol. The van der Waals surface area contributed by atoms with Gasteiger partial charge < -0.3 is 9.67 Å². The zero-order valence-electron chi connectivity index (χ0n) is 10.5. The quantitative estimate of drug-likeness (QED) is 0.773. The highest BCUT2D eigenvalue weighted by atomic mass is 16.3. The molecular formula is C13H20N2O2. The molecule has 94 valence electrons. The van der Waals surface area contributed by atoms with Crippen molar-refractivity contribution in [2.24, 2.45) is 13.0 Å². The molecule has 1 aliphatic rings. The number of Topliss-reactive ketones (excluding diaryl/α,β-unsaturated/α-hetero) is 1. The Morgan fingerprint density at radius 1 is 1.59 bits per heavy atom. The number of likely N-dealkylation sites (N-methyl/N-ethyl adjacent to an activating group) is 1. The number of rotatable bonds is 5. The van der Waals surface area contributed by atoms with E-state index in [1.807, 2.05) is 41.9 Å². The Balaban J connectivity index is 1.80. The number of aryl methyl sites for hydroxylation is 1. The van der Waals surface area contributed by atoms with E-state index in [0.717, 1.165) is 25.1 Å². The molecule has 1 saturated carbocycles. The molecule has 1 N–H and O–H groups in total. The number of carbonyl (C=O) groups is 1. The maximum Gasteiger partial charge on any atom is 0.193 e. The van der Waals surface area contributed by atoms with E-state index >= 15 is 0 Å². The molecule has 2 rings (SSSR count). The Bertz CT molecular complexity index is 394. The summed E-state index contributed by atoms with van der Waals surface area (Å²) in [7, 11) is 3.85. The smallest absolute Gasteiger partial charge is 0.193 e. The summed E-state index contributed by atoms with van der Waals surface area (Å²) in [6.45, 7) is 1.34. The molecule has 1 heterocycles. The van der Waals surface area contributed by atoms with Crippen molar-refractivity contribution in [3.05, 3.63) is 24.0 Å². The maximum atomic E-state index is 12.0. The van der Waals surface area contributed by atoms with E-state index in [1.54, 1.807) is 0 Å². The predicted molar refractivity (Wildman–Crippen MR) is 66.0 cm³/mol. The van der Waals surface area contributed by atoms with Crippen molar-refractivity contribution in [1.29, 1.82) is 0 Å². The number of ketones is 1. The van der Waals surface area contributed by atoms with Crippen LogP contribution in [0.25, 0.3) is 0 Å². The molecule has 1 aromatic rings. The Labute approximate surface area is 102 Å². The van der Waals surface area contributed by atoms with Crippen molar-refractivity contribution < 1.29 is 9.90 Å². The molecule has 0 bridgehead atoms. The van der Waals surface area contributed by atoms with Crippen molar-refractivity contribution in [3.8, 4) is 0 Å². The molecule has 4 nitrogen and oxygen atoms in total. The third-order valence-corrected chi connectivity index (χ3v) is 3.42. The second-order valence-corrected chi connectivity index (χ2v) is 5.12. The predicted octanol–water partition coefficient (Wildman–Crippen LogP) is 0.910. The maximum absolute atomic E-state index is 12.0. The van der Waals surface area contributed by atoms with Crippen molar-refractivity contribution in [1.82, 2.24) is 9.47 Å². The van der Waals surface area contributed by atoms with Crippen LogP contribution < -0.4 is 0 Å². The van der Waals surface area contributed by atoms with Crippen molar-refractivity contribution in [2.75, 3.05) is 20.1 Å².